The van der Waals surface area contributed by atoms with Crippen molar-refractivity contribution in [3.63, 3.8) is 0 Å². The van der Waals surface area contributed by atoms with E-state index in [1.807, 2.05) is 6.07 Å². The van der Waals surface area contributed by atoms with Crippen molar-refractivity contribution in [2.24, 2.45) is 11.7 Å². The number of amides is 2. The number of hydrogen-bond acceptors (Lipinski definition) is 7. The number of nitrogens with zero attached hydrogens (tertiary/aromatic N) is 3. The molecule has 0 unspecified atom stereocenters. The molecule has 4 heterocycles. The topological polar surface area (TPSA) is 141 Å². The number of rotatable bonds is 10. The molecule has 3 aliphatic carbocycles. The Hall–Kier alpha value is -4.51. The molecular weight excluding hydrogens is 577 g/mol. The third-order valence-corrected chi connectivity index (χ3v) is 9.57. The SMILES string of the molecule is C[C@]1(C(N)=O)COc2c1cc([C@@](O)(CNC(=O)c1cc(OC3CC3)n3nc(C4CC4)cc3c1)C1CC1)nc2-c1ccc(F)cc1. The molecule has 1 aromatic carbocycles. The van der Waals surface area contributed by atoms with Crippen molar-refractivity contribution in [2.75, 3.05) is 13.2 Å². The minimum absolute atomic E-state index is 0.0143. The van der Waals surface area contributed by atoms with Crippen LogP contribution in [0.2, 0.25) is 0 Å². The van der Waals surface area contributed by atoms with E-state index in [0.717, 1.165) is 49.7 Å². The fraction of sp³-hybridized carbons (Fsp3) is 0.412. The van der Waals surface area contributed by atoms with E-state index < -0.39 is 22.7 Å². The van der Waals surface area contributed by atoms with Crippen LogP contribution in [0, 0.1) is 11.7 Å². The normalized spacial score (nSPS) is 22.0. The molecular formula is C34H34FN5O5. The molecule has 2 amide bonds. The molecule has 4 aliphatic rings. The number of primary amides is 1. The zero-order valence-electron chi connectivity index (χ0n) is 24.9. The van der Waals surface area contributed by atoms with E-state index in [1.165, 1.54) is 12.1 Å². The second-order valence-electron chi connectivity index (χ2n) is 13.2. The van der Waals surface area contributed by atoms with Gasteiger partial charge in [0.25, 0.3) is 5.91 Å². The summed E-state index contributed by atoms with van der Waals surface area (Å²) >= 11 is 0. The molecule has 0 radical (unpaired) electrons. The number of fused-ring (bicyclic) bond motifs is 2. The lowest BCUT2D eigenvalue weighted by Gasteiger charge is -2.30. The highest BCUT2D eigenvalue weighted by molar-refractivity contribution is 5.96. The van der Waals surface area contributed by atoms with Crippen LogP contribution < -0.4 is 20.5 Å². The van der Waals surface area contributed by atoms with Crippen LogP contribution in [0.15, 0.2) is 48.5 Å². The van der Waals surface area contributed by atoms with Gasteiger partial charge in [0.1, 0.15) is 41.0 Å². The molecule has 10 nitrogen and oxygen atoms in total. The number of carbonyl (C=O) groups excluding carboxylic acids is 2. The summed E-state index contributed by atoms with van der Waals surface area (Å²) in [4.78, 5) is 31.1. The molecule has 3 fully saturated rings. The number of ether oxygens (including phenoxy) is 2. The van der Waals surface area contributed by atoms with Crippen molar-refractivity contribution in [1.29, 1.82) is 0 Å². The summed E-state index contributed by atoms with van der Waals surface area (Å²) in [5.74, 6) is -0.163. The van der Waals surface area contributed by atoms with Crippen molar-refractivity contribution in [1.82, 2.24) is 19.9 Å². The molecule has 0 saturated heterocycles. The average Bonchev–Trinajstić information content (AvgIpc) is 3.91. The molecule has 3 saturated carbocycles. The zero-order chi connectivity index (χ0) is 31.1. The number of halogens is 1. The molecule has 4 aromatic rings. The summed E-state index contributed by atoms with van der Waals surface area (Å²) in [6, 6.07) is 13.0. The Kier molecular flexibility index (Phi) is 6.22. The quantitative estimate of drug-likeness (QED) is 0.245. The van der Waals surface area contributed by atoms with Gasteiger partial charge in [0, 0.05) is 28.7 Å². The van der Waals surface area contributed by atoms with E-state index in [1.54, 1.807) is 41.8 Å². The highest BCUT2D eigenvalue weighted by Crippen LogP contribution is 2.50. The van der Waals surface area contributed by atoms with Crippen molar-refractivity contribution >= 4 is 17.3 Å². The van der Waals surface area contributed by atoms with E-state index in [0.29, 0.717) is 45.6 Å². The maximum absolute atomic E-state index is 13.8. The highest BCUT2D eigenvalue weighted by Gasteiger charge is 2.50. The Morgan fingerprint density at radius 1 is 1.13 bits per heavy atom. The first kappa shape index (κ1) is 28.0. The summed E-state index contributed by atoms with van der Waals surface area (Å²) < 4.78 is 27.7. The Morgan fingerprint density at radius 3 is 2.56 bits per heavy atom. The maximum Gasteiger partial charge on any atom is 0.251 e. The number of nitrogens with two attached hydrogens (primary N) is 1. The van der Waals surface area contributed by atoms with E-state index in [9.17, 15) is 19.1 Å². The minimum Gasteiger partial charge on any atom is -0.489 e. The molecule has 45 heavy (non-hydrogen) atoms. The fourth-order valence-electron chi connectivity index (χ4n) is 6.17. The van der Waals surface area contributed by atoms with Gasteiger partial charge >= 0.3 is 0 Å². The number of benzene rings is 1. The lowest BCUT2D eigenvalue weighted by molar-refractivity contribution is -0.123. The lowest BCUT2D eigenvalue weighted by Crippen LogP contribution is -2.44. The summed E-state index contributed by atoms with van der Waals surface area (Å²) in [6.07, 6.45) is 5.77. The van der Waals surface area contributed by atoms with Crippen LogP contribution in [0.3, 0.4) is 0 Å². The van der Waals surface area contributed by atoms with Gasteiger partial charge in [0.2, 0.25) is 11.8 Å². The maximum atomic E-state index is 13.8. The third kappa shape index (κ3) is 4.89. The van der Waals surface area contributed by atoms with E-state index in [-0.39, 0.29) is 31.1 Å². The van der Waals surface area contributed by atoms with Gasteiger partial charge in [0.05, 0.1) is 23.4 Å². The summed E-state index contributed by atoms with van der Waals surface area (Å²) in [5, 5.41) is 20.0. The second kappa shape index (κ2) is 10.00. The first-order valence-corrected chi connectivity index (χ1v) is 15.6. The van der Waals surface area contributed by atoms with Gasteiger partial charge < -0.3 is 25.6 Å². The van der Waals surface area contributed by atoms with Gasteiger partial charge in [-0.3, -0.25) is 9.59 Å². The standard InChI is InChI=1S/C34H34FN5O5/c1-33(32(36)42)17-44-30-25(33)15-27(38-29(30)19-4-8-22(35)9-5-19)34(43,21-6-7-21)16-37-31(41)20-12-23-14-26(18-2-3-18)39-40(23)28(13-20)45-24-10-11-24/h4-5,8-9,12-15,18,21,24,43H,2-3,6-7,10-11,16-17H2,1H3,(H2,36,42)(H,37,41)/t33-,34+/m0/s1. The predicted octanol–water partition coefficient (Wildman–Crippen LogP) is 4.12. The van der Waals surface area contributed by atoms with Gasteiger partial charge in [-0.05, 0) is 93.8 Å². The Bertz CT molecular complexity index is 1860. The summed E-state index contributed by atoms with van der Waals surface area (Å²) in [6.45, 7) is 1.59. The fourth-order valence-corrected chi connectivity index (χ4v) is 6.17. The van der Waals surface area contributed by atoms with Gasteiger partial charge in [-0.15, -0.1) is 0 Å². The van der Waals surface area contributed by atoms with Gasteiger partial charge in [-0.25, -0.2) is 13.9 Å². The second-order valence-corrected chi connectivity index (χ2v) is 13.2. The zero-order valence-corrected chi connectivity index (χ0v) is 24.9. The molecule has 4 N–H and O–H groups in total. The van der Waals surface area contributed by atoms with Crippen LogP contribution in [0.25, 0.3) is 16.8 Å². The van der Waals surface area contributed by atoms with Crippen molar-refractivity contribution in [3.8, 4) is 22.9 Å². The van der Waals surface area contributed by atoms with Crippen LogP contribution in [-0.4, -0.2) is 50.8 Å². The van der Waals surface area contributed by atoms with Crippen LogP contribution in [0.1, 0.15) is 78.7 Å². The Balaban J connectivity index is 1.14. The molecule has 8 rings (SSSR count). The number of hydrogen-bond donors (Lipinski definition) is 3. The van der Waals surface area contributed by atoms with E-state index in [2.05, 4.69) is 5.32 Å². The molecule has 1 aliphatic heterocycles. The van der Waals surface area contributed by atoms with Crippen molar-refractivity contribution in [2.45, 2.75) is 68.5 Å². The monoisotopic (exact) mass is 611 g/mol. The van der Waals surface area contributed by atoms with Gasteiger partial charge in [0.15, 0.2) is 0 Å². The molecule has 2 atom stereocenters. The molecule has 0 spiro atoms. The summed E-state index contributed by atoms with van der Waals surface area (Å²) in [5.41, 5.74) is 7.05. The average molecular weight is 612 g/mol. The van der Waals surface area contributed by atoms with Gasteiger partial charge in [-0.2, -0.15) is 5.10 Å². The largest absolute Gasteiger partial charge is 0.489 e. The summed E-state index contributed by atoms with van der Waals surface area (Å²) in [7, 11) is 0. The van der Waals surface area contributed by atoms with Crippen LogP contribution in [0.5, 0.6) is 11.6 Å². The number of carbonyl (C=O) groups is 2. The number of aromatic nitrogens is 3. The highest BCUT2D eigenvalue weighted by atomic mass is 19.1. The van der Waals surface area contributed by atoms with E-state index >= 15 is 0 Å². The van der Waals surface area contributed by atoms with E-state index in [4.69, 9.17) is 25.3 Å². The Morgan fingerprint density at radius 2 is 1.89 bits per heavy atom. The first-order valence-electron chi connectivity index (χ1n) is 15.6. The smallest absolute Gasteiger partial charge is 0.251 e. The number of aliphatic hydroxyl groups is 1. The minimum atomic E-state index is -1.55. The van der Waals surface area contributed by atoms with Crippen LogP contribution in [-0.2, 0) is 15.8 Å². The third-order valence-electron chi connectivity index (χ3n) is 9.57. The number of nitrogens with one attached hydrogen (secondary N) is 1. The molecule has 232 valence electrons. The van der Waals surface area contributed by atoms with Crippen LogP contribution >= 0.6 is 0 Å². The molecule has 11 heteroatoms. The predicted molar refractivity (Wildman–Crippen MR) is 161 cm³/mol. The molecule has 0 bridgehead atoms. The van der Waals surface area contributed by atoms with Crippen LogP contribution in [0.4, 0.5) is 4.39 Å². The lowest BCUT2D eigenvalue weighted by atomic mass is 9.81. The first-order chi connectivity index (χ1) is 21.6. The van der Waals surface area contributed by atoms with Crippen molar-refractivity contribution in [3.05, 3.63) is 76.9 Å². The number of pyridine rings is 2. The Labute approximate surface area is 258 Å². The van der Waals surface area contributed by atoms with Crippen molar-refractivity contribution < 1.29 is 28.6 Å². The molecule has 3 aromatic heterocycles. The van der Waals surface area contributed by atoms with Gasteiger partial charge in [-0.1, -0.05) is 0 Å².